The third kappa shape index (κ3) is 7.85. The van der Waals surface area contributed by atoms with Crippen LogP contribution < -0.4 is 16.0 Å². The van der Waals surface area contributed by atoms with Crippen molar-refractivity contribution in [3.05, 3.63) is 101 Å². The van der Waals surface area contributed by atoms with E-state index < -0.39 is 35.1 Å². The van der Waals surface area contributed by atoms with E-state index in [0.29, 0.717) is 23.4 Å². The molecule has 15 heteroatoms. The van der Waals surface area contributed by atoms with Crippen LogP contribution >= 0.6 is 0 Å². The summed E-state index contributed by atoms with van der Waals surface area (Å²) in [5, 5.41) is 15.4. The number of rotatable bonds is 7. The molecule has 0 aliphatic heterocycles. The molecule has 1 aliphatic carbocycles. The standard InChI is InChI=1S/C30H26F6N8O/c31-29(32,33)22-14-23(30(34,35)36)16-24(15-22)38-27(37)44(25-12-10-20(11-13-25)19-4-2-1-3-5-19)17-18-6-8-21(9-7-18)26(45)39-28-40-42-43-41-28/h4,6-16H,1-3,5,17H2,(H2,37,38)(H2,39,40,41,42,43,45). The summed E-state index contributed by atoms with van der Waals surface area (Å²) in [4.78, 5) is 18.0. The highest BCUT2D eigenvalue weighted by Gasteiger charge is 2.37. The Morgan fingerprint density at radius 1 is 0.933 bits per heavy atom. The molecule has 45 heavy (non-hydrogen) atoms. The molecule has 4 N–H and O–H groups in total. The Kier molecular flexibility index (Phi) is 8.88. The largest absolute Gasteiger partial charge is 0.416 e. The molecule has 0 saturated carbocycles. The van der Waals surface area contributed by atoms with Crippen molar-refractivity contribution in [3.63, 3.8) is 0 Å². The summed E-state index contributed by atoms with van der Waals surface area (Å²) in [6.45, 7) is 0.0230. The van der Waals surface area contributed by atoms with E-state index in [1.54, 1.807) is 24.3 Å². The summed E-state index contributed by atoms with van der Waals surface area (Å²) in [7, 11) is 0. The maximum atomic E-state index is 13.5. The number of alkyl halides is 6. The first-order chi connectivity index (χ1) is 21.4. The molecule has 0 bridgehead atoms. The smallest absolute Gasteiger partial charge is 0.369 e. The highest BCUT2D eigenvalue weighted by Crippen LogP contribution is 2.38. The van der Waals surface area contributed by atoms with Crippen LogP contribution in [0.2, 0.25) is 0 Å². The number of hydrogen-bond acceptors (Lipinski definition) is 5. The third-order valence-corrected chi connectivity index (χ3v) is 7.06. The Hall–Kier alpha value is -5.21. The molecule has 1 aromatic heterocycles. The second-order valence-electron chi connectivity index (χ2n) is 10.2. The normalized spacial score (nSPS) is 14.2. The molecule has 0 unspecified atom stereocenters. The van der Waals surface area contributed by atoms with Crippen molar-refractivity contribution in [1.29, 1.82) is 0 Å². The average molecular weight is 629 g/mol. The van der Waals surface area contributed by atoms with E-state index >= 15 is 0 Å². The molecular weight excluding hydrogens is 602 g/mol. The Morgan fingerprint density at radius 3 is 2.16 bits per heavy atom. The maximum Gasteiger partial charge on any atom is 0.416 e. The fourth-order valence-electron chi connectivity index (χ4n) is 4.79. The Bertz CT molecular complexity index is 1660. The number of amides is 1. The number of anilines is 2. The summed E-state index contributed by atoms with van der Waals surface area (Å²) in [6.07, 6.45) is -3.82. The molecule has 0 spiro atoms. The number of aliphatic imine (C=N–C) groups is 1. The van der Waals surface area contributed by atoms with Gasteiger partial charge in [0, 0.05) is 11.3 Å². The van der Waals surface area contributed by atoms with E-state index in [1.165, 1.54) is 22.6 Å². The zero-order chi connectivity index (χ0) is 32.2. The number of tetrazole rings is 1. The van der Waals surface area contributed by atoms with E-state index in [2.05, 4.69) is 37.0 Å². The molecule has 234 valence electrons. The van der Waals surface area contributed by atoms with Gasteiger partial charge in [0.05, 0.1) is 23.4 Å². The number of guanidine groups is 1. The van der Waals surface area contributed by atoms with Gasteiger partial charge in [-0.3, -0.25) is 10.1 Å². The van der Waals surface area contributed by atoms with Crippen molar-refractivity contribution in [2.75, 3.05) is 10.2 Å². The molecule has 0 saturated heterocycles. The van der Waals surface area contributed by atoms with Gasteiger partial charge in [0.2, 0.25) is 5.96 Å². The lowest BCUT2D eigenvalue weighted by molar-refractivity contribution is -0.143. The second kappa shape index (κ2) is 12.8. The van der Waals surface area contributed by atoms with Crippen molar-refractivity contribution >= 4 is 34.8 Å². The first-order valence-corrected chi connectivity index (χ1v) is 13.7. The van der Waals surface area contributed by atoms with Crippen LogP contribution in [0.3, 0.4) is 0 Å². The summed E-state index contributed by atoms with van der Waals surface area (Å²) in [6, 6.07) is 14.6. The number of allylic oxidation sites excluding steroid dienone is 2. The number of nitrogens with one attached hydrogen (secondary N) is 2. The highest BCUT2D eigenvalue weighted by molar-refractivity contribution is 6.03. The molecule has 9 nitrogen and oxygen atoms in total. The monoisotopic (exact) mass is 628 g/mol. The second-order valence-corrected chi connectivity index (χ2v) is 10.2. The first-order valence-electron chi connectivity index (χ1n) is 13.7. The van der Waals surface area contributed by atoms with E-state index in [0.717, 1.165) is 31.2 Å². The molecule has 0 atom stereocenters. The fraction of sp³-hybridized carbons (Fsp3) is 0.233. The number of nitrogens with zero attached hydrogens (tertiary/aromatic N) is 5. The fourth-order valence-corrected chi connectivity index (χ4v) is 4.79. The lowest BCUT2D eigenvalue weighted by Gasteiger charge is -2.25. The minimum Gasteiger partial charge on any atom is -0.369 e. The quantitative estimate of drug-likeness (QED) is 0.114. The van der Waals surface area contributed by atoms with Crippen molar-refractivity contribution in [1.82, 2.24) is 20.6 Å². The number of carbonyl (C=O) groups is 1. The van der Waals surface area contributed by atoms with Crippen molar-refractivity contribution in [2.24, 2.45) is 10.7 Å². The molecule has 1 aliphatic rings. The Labute approximate surface area is 252 Å². The van der Waals surface area contributed by atoms with Crippen LogP contribution in [0.25, 0.3) is 5.57 Å². The van der Waals surface area contributed by atoms with Crippen LogP contribution in [0.5, 0.6) is 0 Å². The Balaban J connectivity index is 1.48. The van der Waals surface area contributed by atoms with E-state index in [4.69, 9.17) is 5.73 Å². The number of hydrogen-bond donors (Lipinski definition) is 3. The number of nitrogens with two attached hydrogens (primary N) is 1. The van der Waals surface area contributed by atoms with Gasteiger partial charge in [-0.25, -0.2) is 4.99 Å². The molecule has 4 aromatic rings. The van der Waals surface area contributed by atoms with Gasteiger partial charge in [-0.15, -0.1) is 5.10 Å². The van der Waals surface area contributed by atoms with Gasteiger partial charge in [0.1, 0.15) is 0 Å². The predicted octanol–water partition coefficient (Wildman–Crippen LogP) is 7.10. The molecule has 0 radical (unpaired) electrons. The van der Waals surface area contributed by atoms with Crippen LogP contribution in [0.15, 0.2) is 77.8 Å². The molecule has 1 heterocycles. The molecule has 3 aromatic carbocycles. The van der Waals surface area contributed by atoms with Crippen molar-refractivity contribution < 1.29 is 31.1 Å². The number of aromatic amines is 1. The van der Waals surface area contributed by atoms with Crippen molar-refractivity contribution in [2.45, 2.75) is 44.6 Å². The molecular formula is C30H26F6N8O. The van der Waals surface area contributed by atoms with Gasteiger partial charge >= 0.3 is 12.4 Å². The highest BCUT2D eigenvalue weighted by atomic mass is 19.4. The van der Waals surface area contributed by atoms with Gasteiger partial charge < -0.3 is 10.6 Å². The van der Waals surface area contributed by atoms with E-state index in [-0.39, 0.29) is 30.1 Å². The molecule has 5 rings (SSSR count). The Morgan fingerprint density at radius 2 is 1.60 bits per heavy atom. The van der Waals surface area contributed by atoms with Gasteiger partial charge in [-0.2, -0.15) is 31.6 Å². The summed E-state index contributed by atoms with van der Waals surface area (Å²) in [5.74, 6) is -0.862. The van der Waals surface area contributed by atoms with Crippen LogP contribution in [-0.2, 0) is 18.9 Å². The molecule has 0 fully saturated rings. The number of benzene rings is 3. The minimum absolute atomic E-state index is 0.0186. The third-order valence-electron chi connectivity index (χ3n) is 7.06. The zero-order valence-electron chi connectivity index (χ0n) is 23.5. The molecule has 1 amide bonds. The van der Waals surface area contributed by atoms with Crippen LogP contribution in [-0.4, -0.2) is 32.5 Å². The van der Waals surface area contributed by atoms with E-state index in [1.807, 2.05) is 12.1 Å². The number of H-pyrrole nitrogens is 1. The van der Waals surface area contributed by atoms with Crippen LogP contribution in [0, 0.1) is 0 Å². The van der Waals surface area contributed by atoms with Gasteiger partial charge in [0.25, 0.3) is 11.9 Å². The summed E-state index contributed by atoms with van der Waals surface area (Å²) in [5.41, 5.74) is 6.25. The lowest BCUT2D eigenvalue weighted by Crippen LogP contribution is -2.36. The topological polar surface area (TPSA) is 125 Å². The summed E-state index contributed by atoms with van der Waals surface area (Å²) >= 11 is 0. The maximum absolute atomic E-state index is 13.5. The van der Waals surface area contributed by atoms with Crippen LogP contribution in [0.4, 0.5) is 43.7 Å². The predicted molar refractivity (Wildman–Crippen MR) is 155 cm³/mol. The van der Waals surface area contributed by atoms with Crippen LogP contribution in [0.1, 0.15) is 58.3 Å². The van der Waals surface area contributed by atoms with Crippen molar-refractivity contribution in [3.8, 4) is 0 Å². The number of aromatic nitrogens is 4. The number of carbonyl (C=O) groups excluding carboxylic acids is 1. The SMILES string of the molecule is NC(=Nc1cc(C(F)(F)F)cc(C(F)(F)F)c1)N(Cc1ccc(C(=O)Nc2nn[nH]n2)cc1)c1ccc(C2=CCCCC2)cc1. The lowest BCUT2D eigenvalue weighted by atomic mass is 9.93. The first kappa shape index (κ1) is 31.2. The van der Waals surface area contributed by atoms with Gasteiger partial charge in [-0.1, -0.05) is 35.4 Å². The number of halogens is 6. The van der Waals surface area contributed by atoms with E-state index in [9.17, 15) is 31.1 Å². The van der Waals surface area contributed by atoms with Gasteiger partial charge in [-0.05, 0) is 90.1 Å². The minimum atomic E-state index is -5.04. The van der Waals surface area contributed by atoms with Gasteiger partial charge in [0.15, 0.2) is 0 Å². The average Bonchev–Trinajstić information content (AvgIpc) is 3.53. The summed E-state index contributed by atoms with van der Waals surface area (Å²) < 4.78 is 80.8. The zero-order valence-corrected chi connectivity index (χ0v) is 23.5.